The zero-order valence-corrected chi connectivity index (χ0v) is 12.7. The molecule has 0 aromatic heterocycles. The largest absolute Gasteiger partial charge is 0.394 e. The summed E-state index contributed by atoms with van der Waals surface area (Å²) in [5.41, 5.74) is 1.10. The van der Waals surface area contributed by atoms with Crippen LogP contribution in [-0.2, 0) is 11.3 Å². The van der Waals surface area contributed by atoms with Gasteiger partial charge in [-0.1, -0.05) is 54.6 Å². The standard InChI is InChI=1S/C20H18O3/c21-10-17(22)12-23-11-16-7-6-15-5-4-13-2-1-3-14-8-9-18(16)20(15)19(13)14/h1-9,17,21-22H,10-12H2/t17-/m0/s1. The van der Waals surface area contributed by atoms with Crippen LogP contribution >= 0.6 is 0 Å². The van der Waals surface area contributed by atoms with Gasteiger partial charge >= 0.3 is 0 Å². The van der Waals surface area contributed by atoms with Gasteiger partial charge in [0.15, 0.2) is 0 Å². The van der Waals surface area contributed by atoms with Crippen molar-refractivity contribution < 1.29 is 14.9 Å². The van der Waals surface area contributed by atoms with Crippen LogP contribution in [0.1, 0.15) is 5.56 Å². The number of hydrogen-bond acceptors (Lipinski definition) is 3. The monoisotopic (exact) mass is 306 g/mol. The number of benzene rings is 4. The van der Waals surface area contributed by atoms with Crippen molar-refractivity contribution in [1.29, 1.82) is 0 Å². The molecule has 116 valence electrons. The summed E-state index contributed by atoms with van der Waals surface area (Å²) in [6, 6.07) is 19.2. The number of hydrogen-bond donors (Lipinski definition) is 2. The van der Waals surface area contributed by atoms with Gasteiger partial charge in [-0.15, -0.1) is 0 Å². The van der Waals surface area contributed by atoms with Crippen molar-refractivity contribution in [3.05, 3.63) is 60.2 Å². The molecule has 3 heteroatoms. The van der Waals surface area contributed by atoms with Crippen molar-refractivity contribution in [2.45, 2.75) is 12.7 Å². The first-order chi connectivity index (χ1) is 11.3. The van der Waals surface area contributed by atoms with Crippen LogP contribution in [-0.4, -0.2) is 29.5 Å². The van der Waals surface area contributed by atoms with Gasteiger partial charge < -0.3 is 14.9 Å². The molecule has 0 unspecified atom stereocenters. The van der Waals surface area contributed by atoms with E-state index in [1.165, 1.54) is 32.3 Å². The molecule has 2 N–H and O–H groups in total. The highest BCUT2D eigenvalue weighted by Crippen LogP contribution is 2.35. The van der Waals surface area contributed by atoms with Gasteiger partial charge in [0, 0.05) is 0 Å². The van der Waals surface area contributed by atoms with E-state index in [1.54, 1.807) is 0 Å². The number of aliphatic hydroxyl groups excluding tert-OH is 2. The van der Waals surface area contributed by atoms with E-state index in [1.807, 2.05) is 0 Å². The van der Waals surface area contributed by atoms with Gasteiger partial charge in [0.1, 0.15) is 6.10 Å². The minimum absolute atomic E-state index is 0.137. The molecule has 0 fully saturated rings. The Bertz CT molecular complexity index is 945. The molecule has 0 amide bonds. The van der Waals surface area contributed by atoms with Gasteiger partial charge in [-0.3, -0.25) is 0 Å². The van der Waals surface area contributed by atoms with Crippen LogP contribution in [0.2, 0.25) is 0 Å². The Kier molecular flexibility index (Phi) is 3.62. The Hall–Kier alpha value is -2.20. The zero-order chi connectivity index (χ0) is 15.8. The van der Waals surface area contributed by atoms with Gasteiger partial charge in [0.25, 0.3) is 0 Å². The number of aliphatic hydroxyl groups is 2. The maximum absolute atomic E-state index is 9.40. The van der Waals surface area contributed by atoms with Crippen LogP contribution in [0.4, 0.5) is 0 Å². The van der Waals surface area contributed by atoms with E-state index < -0.39 is 6.10 Å². The van der Waals surface area contributed by atoms with Crippen LogP contribution in [0.5, 0.6) is 0 Å². The third kappa shape index (κ3) is 2.43. The quantitative estimate of drug-likeness (QED) is 0.555. The maximum atomic E-state index is 9.40. The second-order valence-corrected chi connectivity index (χ2v) is 5.93. The summed E-state index contributed by atoms with van der Waals surface area (Å²) in [6.45, 7) is 0.280. The molecule has 4 rings (SSSR count). The number of rotatable bonds is 5. The topological polar surface area (TPSA) is 49.7 Å². The number of ether oxygens (including phenoxy) is 1. The molecule has 0 aliphatic carbocycles. The predicted molar refractivity (Wildman–Crippen MR) is 92.9 cm³/mol. The van der Waals surface area contributed by atoms with Crippen molar-refractivity contribution >= 4 is 32.3 Å². The molecule has 0 aliphatic heterocycles. The smallest absolute Gasteiger partial charge is 0.100 e. The molecular formula is C20H18O3. The van der Waals surface area contributed by atoms with Crippen molar-refractivity contribution in [2.24, 2.45) is 0 Å². The van der Waals surface area contributed by atoms with Gasteiger partial charge in [0.05, 0.1) is 19.8 Å². The van der Waals surface area contributed by atoms with Crippen molar-refractivity contribution in [3.63, 3.8) is 0 Å². The summed E-state index contributed by atoms with van der Waals surface area (Å²) in [5.74, 6) is 0. The highest BCUT2D eigenvalue weighted by Gasteiger charge is 2.11. The molecule has 0 radical (unpaired) electrons. The predicted octanol–water partition coefficient (Wildman–Crippen LogP) is 3.45. The van der Waals surface area contributed by atoms with Crippen molar-refractivity contribution in [2.75, 3.05) is 13.2 Å². The molecular weight excluding hydrogens is 288 g/mol. The van der Waals surface area contributed by atoms with E-state index in [4.69, 9.17) is 9.84 Å². The van der Waals surface area contributed by atoms with Crippen molar-refractivity contribution in [1.82, 2.24) is 0 Å². The zero-order valence-electron chi connectivity index (χ0n) is 12.7. The second kappa shape index (κ2) is 5.78. The Morgan fingerprint density at radius 2 is 1.48 bits per heavy atom. The van der Waals surface area contributed by atoms with Gasteiger partial charge in [-0.2, -0.15) is 0 Å². The molecule has 4 aromatic carbocycles. The fraction of sp³-hybridized carbons (Fsp3) is 0.200. The minimum atomic E-state index is -0.824. The summed E-state index contributed by atoms with van der Waals surface area (Å²) in [7, 11) is 0. The first-order valence-electron chi connectivity index (χ1n) is 7.80. The fourth-order valence-corrected chi connectivity index (χ4v) is 3.28. The van der Waals surface area contributed by atoms with E-state index in [2.05, 4.69) is 54.6 Å². The van der Waals surface area contributed by atoms with Crippen LogP contribution < -0.4 is 0 Å². The van der Waals surface area contributed by atoms with Crippen LogP contribution in [0.25, 0.3) is 32.3 Å². The fourth-order valence-electron chi connectivity index (χ4n) is 3.28. The molecule has 23 heavy (non-hydrogen) atoms. The molecule has 0 saturated carbocycles. The summed E-state index contributed by atoms with van der Waals surface area (Å²) >= 11 is 0. The molecule has 0 aliphatic rings. The highest BCUT2D eigenvalue weighted by molar-refractivity contribution is 6.23. The van der Waals surface area contributed by atoms with Crippen LogP contribution in [0.3, 0.4) is 0 Å². The van der Waals surface area contributed by atoms with Crippen LogP contribution in [0.15, 0.2) is 54.6 Å². The lowest BCUT2D eigenvalue weighted by Crippen LogP contribution is -2.19. The van der Waals surface area contributed by atoms with E-state index >= 15 is 0 Å². The second-order valence-electron chi connectivity index (χ2n) is 5.93. The highest BCUT2D eigenvalue weighted by atomic mass is 16.5. The molecule has 4 aromatic rings. The maximum Gasteiger partial charge on any atom is 0.100 e. The van der Waals surface area contributed by atoms with E-state index in [0.717, 1.165) is 5.56 Å². The Morgan fingerprint density at radius 1 is 0.826 bits per heavy atom. The van der Waals surface area contributed by atoms with E-state index in [0.29, 0.717) is 6.61 Å². The lowest BCUT2D eigenvalue weighted by atomic mass is 9.92. The normalized spacial score (nSPS) is 13.3. The van der Waals surface area contributed by atoms with Gasteiger partial charge in [-0.25, -0.2) is 0 Å². The molecule has 0 bridgehead atoms. The first kappa shape index (κ1) is 14.4. The Balaban J connectivity index is 1.83. The summed E-state index contributed by atoms with van der Waals surface area (Å²) in [6.07, 6.45) is -0.824. The third-order valence-electron chi connectivity index (χ3n) is 4.40. The molecule has 3 nitrogen and oxygen atoms in total. The summed E-state index contributed by atoms with van der Waals surface area (Å²) in [4.78, 5) is 0. The summed E-state index contributed by atoms with van der Waals surface area (Å²) in [5, 5.41) is 25.7. The van der Waals surface area contributed by atoms with Crippen molar-refractivity contribution in [3.8, 4) is 0 Å². The third-order valence-corrected chi connectivity index (χ3v) is 4.40. The molecule has 0 spiro atoms. The molecule has 0 heterocycles. The SMILES string of the molecule is OC[C@H](O)COCc1ccc2ccc3cccc4ccc1c2c34. The first-order valence-corrected chi connectivity index (χ1v) is 7.80. The Morgan fingerprint density at radius 3 is 2.22 bits per heavy atom. The lowest BCUT2D eigenvalue weighted by Gasteiger charge is -2.14. The van der Waals surface area contributed by atoms with Gasteiger partial charge in [-0.05, 0) is 37.9 Å². The average molecular weight is 306 g/mol. The molecule has 0 saturated heterocycles. The van der Waals surface area contributed by atoms with E-state index in [-0.39, 0.29) is 13.2 Å². The lowest BCUT2D eigenvalue weighted by molar-refractivity contribution is 0.000316. The molecule has 1 atom stereocenters. The van der Waals surface area contributed by atoms with E-state index in [9.17, 15) is 5.11 Å². The Labute approximate surface area is 134 Å². The summed E-state index contributed by atoms with van der Waals surface area (Å²) < 4.78 is 5.55. The minimum Gasteiger partial charge on any atom is -0.394 e. The van der Waals surface area contributed by atoms with Crippen LogP contribution in [0, 0.1) is 0 Å². The average Bonchev–Trinajstić information content (AvgIpc) is 2.60. The van der Waals surface area contributed by atoms with Gasteiger partial charge in [0.2, 0.25) is 0 Å².